The van der Waals surface area contributed by atoms with E-state index >= 15 is 0 Å². The van der Waals surface area contributed by atoms with E-state index in [0.29, 0.717) is 0 Å². The fraction of sp³-hybridized carbons (Fsp3) is 0.400. The first-order valence-electron chi connectivity index (χ1n) is 6.13. The lowest BCUT2D eigenvalue weighted by Crippen LogP contribution is -2.31. The van der Waals surface area contributed by atoms with E-state index in [4.69, 9.17) is 4.74 Å². The third-order valence-corrected chi connectivity index (χ3v) is 4.11. The zero-order valence-electron chi connectivity index (χ0n) is 9.93. The SMILES string of the molecule is CC12CC=CCC1C(c1ccccc1)OC2=O. The predicted octanol–water partition coefficient (Wildman–Crippen LogP) is 3.26. The molecule has 1 fully saturated rings. The van der Waals surface area contributed by atoms with Gasteiger partial charge in [-0.25, -0.2) is 0 Å². The van der Waals surface area contributed by atoms with Crippen LogP contribution in [0.5, 0.6) is 0 Å². The molecule has 17 heavy (non-hydrogen) atoms. The average molecular weight is 228 g/mol. The summed E-state index contributed by atoms with van der Waals surface area (Å²) in [6.45, 7) is 2.03. The summed E-state index contributed by atoms with van der Waals surface area (Å²) in [5.74, 6) is 0.239. The molecule has 0 saturated carbocycles. The average Bonchev–Trinajstić information content (AvgIpc) is 2.63. The van der Waals surface area contributed by atoms with Crippen LogP contribution in [0.1, 0.15) is 31.4 Å². The molecule has 2 heteroatoms. The van der Waals surface area contributed by atoms with E-state index in [1.54, 1.807) is 0 Å². The number of fused-ring (bicyclic) bond motifs is 1. The summed E-state index contributed by atoms with van der Waals surface area (Å²) in [4.78, 5) is 12.1. The third-order valence-electron chi connectivity index (χ3n) is 4.11. The van der Waals surface area contributed by atoms with E-state index in [2.05, 4.69) is 12.2 Å². The number of hydrogen-bond donors (Lipinski definition) is 0. The molecule has 0 radical (unpaired) electrons. The second-order valence-corrected chi connectivity index (χ2v) is 5.17. The van der Waals surface area contributed by atoms with E-state index in [1.807, 2.05) is 37.3 Å². The van der Waals surface area contributed by atoms with Crippen molar-refractivity contribution >= 4 is 5.97 Å². The van der Waals surface area contributed by atoms with Gasteiger partial charge in [0.2, 0.25) is 0 Å². The fourth-order valence-corrected chi connectivity index (χ4v) is 2.95. The van der Waals surface area contributed by atoms with Crippen LogP contribution in [-0.2, 0) is 9.53 Å². The van der Waals surface area contributed by atoms with Crippen LogP contribution in [0.3, 0.4) is 0 Å². The van der Waals surface area contributed by atoms with Gasteiger partial charge in [0.25, 0.3) is 0 Å². The fourth-order valence-electron chi connectivity index (χ4n) is 2.95. The minimum absolute atomic E-state index is 0.0410. The highest BCUT2D eigenvalue weighted by Gasteiger charge is 2.54. The summed E-state index contributed by atoms with van der Waals surface area (Å²) in [6.07, 6.45) is 5.94. The van der Waals surface area contributed by atoms with Crippen LogP contribution in [0.2, 0.25) is 0 Å². The highest BCUT2D eigenvalue weighted by atomic mass is 16.6. The monoisotopic (exact) mass is 228 g/mol. The highest BCUT2D eigenvalue weighted by Crippen LogP contribution is 2.52. The van der Waals surface area contributed by atoms with Gasteiger partial charge in [0.05, 0.1) is 5.41 Å². The summed E-state index contributed by atoms with van der Waals surface area (Å²) in [7, 11) is 0. The van der Waals surface area contributed by atoms with Crippen molar-refractivity contribution in [1.82, 2.24) is 0 Å². The van der Waals surface area contributed by atoms with Crippen LogP contribution >= 0.6 is 0 Å². The second kappa shape index (κ2) is 3.73. The van der Waals surface area contributed by atoms with Gasteiger partial charge in [-0.15, -0.1) is 0 Å². The lowest BCUT2D eigenvalue weighted by atomic mass is 9.69. The van der Waals surface area contributed by atoms with Crippen molar-refractivity contribution in [1.29, 1.82) is 0 Å². The normalized spacial score (nSPS) is 35.5. The molecule has 1 aromatic carbocycles. The Balaban J connectivity index is 1.99. The van der Waals surface area contributed by atoms with Crippen molar-refractivity contribution < 1.29 is 9.53 Å². The van der Waals surface area contributed by atoms with E-state index in [9.17, 15) is 4.79 Å². The van der Waals surface area contributed by atoms with Gasteiger partial charge in [0.15, 0.2) is 0 Å². The van der Waals surface area contributed by atoms with Crippen LogP contribution in [0.25, 0.3) is 0 Å². The first-order valence-corrected chi connectivity index (χ1v) is 6.13. The number of hydrogen-bond acceptors (Lipinski definition) is 2. The molecule has 3 unspecified atom stereocenters. The zero-order chi connectivity index (χ0) is 11.9. The summed E-state index contributed by atoms with van der Waals surface area (Å²) in [5, 5.41) is 0. The van der Waals surface area contributed by atoms with Crippen LogP contribution in [0.4, 0.5) is 0 Å². The number of rotatable bonds is 1. The molecular formula is C15H16O2. The zero-order valence-corrected chi connectivity index (χ0v) is 9.93. The summed E-state index contributed by atoms with van der Waals surface area (Å²) in [5.41, 5.74) is 0.791. The Bertz CT molecular complexity index is 463. The largest absolute Gasteiger partial charge is 0.457 e. The Morgan fingerprint density at radius 3 is 2.76 bits per heavy atom. The molecule has 0 amide bonds. The molecule has 2 aliphatic rings. The van der Waals surface area contributed by atoms with E-state index in [-0.39, 0.29) is 23.4 Å². The molecule has 1 saturated heterocycles. The van der Waals surface area contributed by atoms with Crippen molar-refractivity contribution in [2.45, 2.75) is 25.9 Å². The first-order chi connectivity index (χ1) is 8.22. The van der Waals surface area contributed by atoms with Crippen molar-refractivity contribution in [3.8, 4) is 0 Å². The molecule has 0 bridgehead atoms. The molecule has 1 aromatic rings. The van der Waals surface area contributed by atoms with Gasteiger partial charge in [0, 0.05) is 5.92 Å². The third kappa shape index (κ3) is 1.51. The molecular weight excluding hydrogens is 212 g/mol. The molecule has 3 rings (SSSR count). The van der Waals surface area contributed by atoms with E-state index in [1.165, 1.54) is 0 Å². The number of cyclic esters (lactones) is 1. The molecule has 3 atom stereocenters. The van der Waals surface area contributed by atoms with Crippen molar-refractivity contribution in [2.75, 3.05) is 0 Å². The van der Waals surface area contributed by atoms with Gasteiger partial charge in [-0.05, 0) is 25.3 Å². The predicted molar refractivity (Wildman–Crippen MR) is 65.2 cm³/mol. The van der Waals surface area contributed by atoms with Gasteiger partial charge >= 0.3 is 5.97 Å². The summed E-state index contributed by atoms with van der Waals surface area (Å²) < 4.78 is 5.62. The molecule has 1 aliphatic carbocycles. The number of ether oxygens (including phenoxy) is 1. The minimum Gasteiger partial charge on any atom is -0.457 e. The molecule has 88 valence electrons. The minimum atomic E-state index is -0.324. The Morgan fingerprint density at radius 1 is 1.24 bits per heavy atom. The van der Waals surface area contributed by atoms with Gasteiger partial charge in [0.1, 0.15) is 6.10 Å². The van der Waals surface area contributed by atoms with Crippen molar-refractivity contribution in [3.63, 3.8) is 0 Å². The van der Waals surface area contributed by atoms with Gasteiger partial charge in [-0.2, -0.15) is 0 Å². The number of carbonyl (C=O) groups is 1. The lowest BCUT2D eigenvalue weighted by Gasteiger charge is -2.30. The molecule has 0 aromatic heterocycles. The standard InChI is InChI=1S/C15H16O2/c1-15-10-6-5-9-12(15)13(17-14(15)16)11-7-3-2-4-8-11/h2-8,12-13H,9-10H2,1H3. The molecule has 1 aliphatic heterocycles. The Kier molecular flexibility index (Phi) is 2.32. The number of allylic oxidation sites excluding steroid dienone is 2. The Labute approximate surface area is 101 Å². The van der Waals surface area contributed by atoms with Crippen LogP contribution in [0, 0.1) is 11.3 Å². The smallest absolute Gasteiger partial charge is 0.313 e. The van der Waals surface area contributed by atoms with Gasteiger partial charge < -0.3 is 4.74 Å². The maximum Gasteiger partial charge on any atom is 0.313 e. The van der Waals surface area contributed by atoms with Crippen LogP contribution in [-0.4, -0.2) is 5.97 Å². The molecule has 0 spiro atoms. The van der Waals surface area contributed by atoms with Crippen LogP contribution in [0.15, 0.2) is 42.5 Å². The van der Waals surface area contributed by atoms with Crippen LogP contribution < -0.4 is 0 Å². The molecule has 0 N–H and O–H groups in total. The quantitative estimate of drug-likeness (QED) is 0.544. The second-order valence-electron chi connectivity index (χ2n) is 5.17. The maximum atomic E-state index is 12.1. The van der Waals surface area contributed by atoms with Gasteiger partial charge in [-0.3, -0.25) is 4.79 Å². The van der Waals surface area contributed by atoms with Gasteiger partial charge in [-0.1, -0.05) is 42.5 Å². The topological polar surface area (TPSA) is 26.3 Å². The lowest BCUT2D eigenvalue weighted by molar-refractivity contribution is -0.148. The van der Waals surface area contributed by atoms with Crippen molar-refractivity contribution in [2.24, 2.45) is 11.3 Å². The number of carbonyl (C=O) groups excluding carboxylic acids is 1. The number of benzene rings is 1. The van der Waals surface area contributed by atoms with E-state index in [0.717, 1.165) is 18.4 Å². The molecule has 1 heterocycles. The molecule has 2 nitrogen and oxygen atoms in total. The Morgan fingerprint density at radius 2 is 2.00 bits per heavy atom. The first kappa shape index (κ1) is 10.6. The number of esters is 1. The maximum absolute atomic E-state index is 12.1. The summed E-state index contributed by atoms with van der Waals surface area (Å²) in [6, 6.07) is 10.1. The van der Waals surface area contributed by atoms with E-state index < -0.39 is 0 Å². The Hall–Kier alpha value is -1.57. The summed E-state index contributed by atoms with van der Waals surface area (Å²) >= 11 is 0. The van der Waals surface area contributed by atoms with Crippen molar-refractivity contribution in [3.05, 3.63) is 48.0 Å². The highest BCUT2D eigenvalue weighted by molar-refractivity contribution is 5.80.